The Hall–Kier alpha value is -1.68. The second-order valence-corrected chi connectivity index (χ2v) is 5.66. The Morgan fingerprint density at radius 2 is 2.11 bits per heavy atom. The van der Waals surface area contributed by atoms with E-state index in [-0.39, 0.29) is 5.78 Å². The van der Waals surface area contributed by atoms with Gasteiger partial charge in [0.25, 0.3) is 0 Å². The molecule has 0 unspecified atom stereocenters. The molecule has 3 nitrogen and oxygen atoms in total. The summed E-state index contributed by atoms with van der Waals surface area (Å²) in [4.78, 5) is 17.1. The number of Topliss-reactive ketones (excluding diaryl/α,β-unsaturated/α-hetero) is 1. The number of aryl methyl sites for hydroxylation is 1. The van der Waals surface area contributed by atoms with Crippen LogP contribution >= 0.6 is 11.3 Å². The van der Waals surface area contributed by atoms with E-state index >= 15 is 0 Å². The predicted octanol–water partition coefficient (Wildman–Crippen LogP) is 3.42. The van der Waals surface area contributed by atoms with Crippen molar-refractivity contribution in [3.63, 3.8) is 0 Å². The van der Waals surface area contributed by atoms with Crippen LogP contribution in [0.2, 0.25) is 0 Å². The van der Waals surface area contributed by atoms with Crippen LogP contribution in [0.1, 0.15) is 22.7 Å². The highest BCUT2D eigenvalue weighted by atomic mass is 32.1. The zero-order valence-corrected chi connectivity index (χ0v) is 11.8. The molecule has 0 radical (unpaired) electrons. The molecule has 0 amide bonds. The first kappa shape index (κ1) is 13.7. The topological polar surface area (TPSA) is 39.2 Å². The molecule has 0 spiro atoms. The monoisotopic (exact) mass is 275 g/mol. The number of hydrogen-bond donors (Lipinski definition) is 0. The molecule has 1 aromatic carbocycles. The van der Waals surface area contributed by atoms with Gasteiger partial charge in [-0.15, -0.1) is 11.3 Å². The third-order valence-electron chi connectivity index (χ3n) is 2.63. The maximum Gasteiger partial charge on any atom is 0.139 e. The van der Waals surface area contributed by atoms with E-state index in [4.69, 9.17) is 4.74 Å². The molecule has 0 fully saturated rings. The summed E-state index contributed by atoms with van der Waals surface area (Å²) >= 11 is 1.59. The average molecular weight is 275 g/mol. The van der Waals surface area contributed by atoms with E-state index in [9.17, 15) is 4.79 Å². The van der Waals surface area contributed by atoms with E-state index in [2.05, 4.69) is 4.98 Å². The molecule has 1 aromatic heterocycles. The molecule has 0 aliphatic rings. The minimum absolute atomic E-state index is 0.228. The molecule has 0 saturated carbocycles. The Bertz CT molecular complexity index is 522. The Balaban J connectivity index is 1.64. The van der Waals surface area contributed by atoms with Gasteiger partial charge < -0.3 is 4.74 Å². The second kappa shape index (κ2) is 7.04. The Morgan fingerprint density at radius 3 is 2.79 bits per heavy atom. The summed E-state index contributed by atoms with van der Waals surface area (Å²) in [5, 5.41) is 0.909. The summed E-state index contributed by atoms with van der Waals surface area (Å²) < 4.78 is 5.55. The number of aromatic nitrogens is 1. The van der Waals surface area contributed by atoms with Crippen molar-refractivity contribution in [2.45, 2.75) is 26.2 Å². The van der Waals surface area contributed by atoms with Crippen LogP contribution in [0.4, 0.5) is 0 Å². The summed E-state index contributed by atoms with van der Waals surface area (Å²) in [7, 11) is 0. The highest BCUT2D eigenvalue weighted by molar-refractivity contribution is 7.11. The first-order valence-corrected chi connectivity index (χ1v) is 7.16. The van der Waals surface area contributed by atoms with Crippen LogP contribution in [0, 0.1) is 6.92 Å². The van der Waals surface area contributed by atoms with Crippen molar-refractivity contribution in [1.29, 1.82) is 0 Å². The quantitative estimate of drug-likeness (QED) is 0.727. The van der Waals surface area contributed by atoms with E-state index in [1.54, 1.807) is 11.3 Å². The molecular formula is C15H17NO2S. The number of benzene rings is 1. The standard InChI is InChI=1S/C15H17NO2S/c1-12-11-16-15(19-12)10-13(17)6-5-9-18-14-7-3-2-4-8-14/h2-4,7-8,11H,5-6,9-10H2,1H3. The van der Waals surface area contributed by atoms with Crippen molar-refractivity contribution in [1.82, 2.24) is 4.98 Å². The molecule has 0 aliphatic heterocycles. The summed E-state index contributed by atoms with van der Waals surface area (Å²) in [6.07, 6.45) is 3.55. The third-order valence-corrected chi connectivity index (χ3v) is 3.54. The van der Waals surface area contributed by atoms with Crippen molar-refractivity contribution in [2.24, 2.45) is 0 Å². The molecule has 0 N–H and O–H groups in total. The summed E-state index contributed by atoms with van der Waals surface area (Å²) in [6.45, 7) is 2.58. The lowest BCUT2D eigenvalue weighted by molar-refractivity contribution is -0.118. The van der Waals surface area contributed by atoms with E-state index in [1.165, 1.54) is 0 Å². The molecule has 0 saturated heterocycles. The lowest BCUT2D eigenvalue weighted by Crippen LogP contribution is -2.05. The number of ketones is 1. The summed E-state index contributed by atoms with van der Waals surface area (Å²) in [6, 6.07) is 9.66. The van der Waals surface area contributed by atoms with Crippen LogP contribution in [0.15, 0.2) is 36.5 Å². The van der Waals surface area contributed by atoms with Crippen LogP contribution in [0.5, 0.6) is 5.75 Å². The zero-order valence-electron chi connectivity index (χ0n) is 11.0. The van der Waals surface area contributed by atoms with Gasteiger partial charge in [-0.2, -0.15) is 0 Å². The number of thiazole rings is 1. The lowest BCUT2D eigenvalue weighted by Gasteiger charge is -2.04. The van der Waals surface area contributed by atoms with Crippen molar-refractivity contribution in [3.05, 3.63) is 46.4 Å². The predicted molar refractivity (Wildman–Crippen MR) is 76.7 cm³/mol. The van der Waals surface area contributed by atoms with Gasteiger partial charge in [-0.1, -0.05) is 18.2 Å². The molecule has 0 aliphatic carbocycles. The Labute approximate surface area is 117 Å². The van der Waals surface area contributed by atoms with Crippen molar-refractivity contribution >= 4 is 17.1 Å². The number of carbonyl (C=O) groups excluding carboxylic acids is 1. The fraction of sp³-hybridized carbons (Fsp3) is 0.333. The highest BCUT2D eigenvalue weighted by Gasteiger charge is 2.06. The van der Waals surface area contributed by atoms with Gasteiger partial charge in [0.15, 0.2) is 0 Å². The molecule has 4 heteroatoms. The van der Waals surface area contributed by atoms with Gasteiger partial charge in [0, 0.05) is 17.5 Å². The van der Waals surface area contributed by atoms with Crippen LogP contribution < -0.4 is 4.74 Å². The number of hydrogen-bond acceptors (Lipinski definition) is 4. The maximum atomic E-state index is 11.7. The highest BCUT2D eigenvalue weighted by Crippen LogP contribution is 2.13. The molecule has 0 atom stereocenters. The van der Waals surface area contributed by atoms with Crippen LogP contribution in [-0.4, -0.2) is 17.4 Å². The molecule has 2 rings (SSSR count). The van der Waals surface area contributed by atoms with Gasteiger partial charge in [-0.3, -0.25) is 4.79 Å². The molecule has 19 heavy (non-hydrogen) atoms. The van der Waals surface area contributed by atoms with E-state index in [0.717, 1.165) is 22.1 Å². The normalized spacial score (nSPS) is 10.4. The van der Waals surface area contributed by atoms with Crippen molar-refractivity contribution in [2.75, 3.05) is 6.61 Å². The smallest absolute Gasteiger partial charge is 0.139 e. The second-order valence-electron chi connectivity index (χ2n) is 4.35. The van der Waals surface area contributed by atoms with Crippen LogP contribution in [0.25, 0.3) is 0 Å². The lowest BCUT2D eigenvalue weighted by atomic mass is 10.2. The molecule has 2 aromatic rings. The number of ether oxygens (including phenoxy) is 1. The maximum absolute atomic E-state index is 11.7. The number of nitrogens with zero attached hydrogens (tertiary/aromatic N) is 1. The Kier molecular flexibility index (Phi) is 5.10. The number of rotatable bonds is 7. The molecule has 0 bridgehead atoms. The average Bonchev–Trinajstić information content (AvgIpc) is 2.81. The van der Waals surface area contributed by atoms with Gasteiger partial charge in [0.05, 0.1) is 13.0 Å². The summed E-state index contributed by atoms with van der Waals surface area (Å²) in [5.41, 5.74) is 0. The fourth-order valence-corrected chi connectivity index (χ4v) is 2.53. The SMILES string of the molecule is Cc1cnc(CC(=O)CCCOc2ccccc2)s1. The summed E-state index contributed by atoms with van der Waals surface area (Å²) in [5.74, 6) is 1.08. The van der Waals surface area contributed by atoms with Gasteiger partial charge in [0.1, 0.15) is 16.5 Å². The van der Waals surface area contributed by atoms with Crippen LogP contribution in [0.3, 0.4) is 0 Å². The molecule has 1 heterocycles. The van der Waals surface area contributed by atoms with Crippen molar-refractivity contribution in [3.8, 4) is 5.75 Å². The minimum atomic E-state index is 0.228. The number of carbonyl (C=O) groups is 1. The first-order chi connectivity index (χ1) is 9.24. The van der Waals surface area contributed by atoms with Gasteiger partial charge >= 0.3 is 0 Å². The Morgan fingerprint density at radius 1 is 1.32 bits per heavy atom. The van der Waals surface area contributed by atoms with E-state index in [0.29, 0.717) is 19.4 Å². The molecular weight excluding hydrogens is 258 g/mol. The first-order valence-electron chi connectivity index (χ1n) is 6.35. The van der Waals surface area contributed by atoms with Gasteiger partial charge in [0.2, 0.25) is 0 Å². The van der Waals surface area contributed by atoms with E-state index < -0.39 is 0 Å². The zero-order chi connectivity index (χ0) is 13.5. The number of para-hydroxylation sites is 1. The largest absolute Gasteiger partial charge is 0.494 e. The van der Waals surface area contributed by atoms with Crippen molar-refractivity contribution < 1.29 is 9.53 Å². The van der Waals surface area contributed by atoms with Crippen LogP contribution in [-0.2, 0) is 11.2 Å². The third kappa shape index (κ3) is 4.83. The van der Waals surface area contributed by atoms with E-state index in [1.807, 2.05) is 43.5 Å². The molecule has 100 valence electrons. The minimum Gasteiger partial charge on any atom is -0.494 e. The van der Waals surface area contributed by atoms with Gasteiger partial charge in [-0.05, 0) is 25.5 Å². The fourth-order valence-electron chi connectivity index (χ4n) is 1.72. The van der Waals surface area contributed by atoms with Gasteiger partial charge in [-0.25, -0.2) is 4.98 Å².